The number of carbonyl (C=O) groups is 1. The maximum absolute atomic E-state index is 12.0. The Balaban J connectivity index is 1.47. The topological polar surface area (TPSA) is 50.4 Å². The van der Waals surface area contributed by atoms with E-state index in [1.54, 1.807) is 0 Å². The molecule has 4 heteroatoms. The third-order valence-electron chi connectivity index (χ3n) is 4.92. The van der Waals surface area contributed by atoms with Gasteiger partial charge in [-0.1, -0.05) is 23.8 Å². The Kier molecular flexibility index (Phi) is 3.89. The lowest BCUT2D eigenvalue weighted by Gasteiger charge is -2.23. The first-order valence-electron chi connectivity index (χ1n) is 7.77. The van der Waals surface area contributed by atoms with Gasteiger partial charge in [0, 0.05) is 25.8 Å². The van der Waals surface area contributed by atoms with Crippen LogP contribution in [0.2, 0.25) is 0 Å². The minimum absolute atomic E-state index is 0.0525. The number of urea groups is 1. The summed E-state index contributed by atoms with van der Waals surface area (Å²) in [6, 6.07) is 6.60. The molecular weight excluding hydrogens is 264 g/mol. The standard InChI is InChI=1S/C17H24N2O2/c1-12-3-4-14(13(2)9-12)11-18-16(20)19-15-10-17(15)5-7-21-8-6-17/h3-4,9,15H,5-8,10-11H2,1-2H3,(H2,18,19,20). The number of ether oxygens (including phenoxy) is 1. The van der Waals surface area contributed by atoms with Gasteiger partial charge in [-0.15, -0.1) is 0 Å². The van der Waals surface area contributed by atoms with Gasteiger partial charge in [-0.2, -0.15) is 0 Å². The molecule has 4 nitrogen and oxygen atoms in total. The van der Waals surface area contributed by atoms with Crippen molar-refractivity contribution in [2.24, 2.45) is 5.41 Å². The van der Waals surface area contributed by atoms with E-state index in [9.17, 15) is 4.79 Å². The van der Waals surface area contributed by atoms with Crippen LogP contribution in [0.4, 0.5) is 4.79 Å². The van der Waals surface area contributed by atoms with Crippen molar-refractivity contribution in [1.82, 2.24) is 10.6 Å². The molecule has 1 unspecified atom stereocenters. The smallest absolute Gasteiger partial charge is 0.315 e. The lowest BCUT2D eigenvalue weighted by atomic mass is 9.96. The molecule has 1 spiro atoms. The highest BCUT2D eigenvalue weighted by molar-refractivity contribution is 5.74. The van der Waals surface area contributed by atoms with Gasteiger partial charge >= 0.3 is 6.03 Å². The summed E-state index contributed by atoms with van der Waals surface area (Å²) in [6.07, 6.45) is 3.26. The highest BCUT2D eigenvalue weighted by Crippen LogP contribution is 2.53. The molecule has 1 aliphatic carbocycles. The van der Waals surface area contributed by atoms with Gasteiger partial charge in [0.1, 0.15) is 0 Å². The third-order valence-corrected chi connectivity index (χ3v) is 4.92. The molecule has 1 heterocycles. The molecular formula is C17H24N2O2. The maximum atomic E-state index is 12.0. The van der Waals surface area contributed by atoms with Crippen molar-refractivity contribution < 1.29 is 9.53 Å². The van der Waals surface area contributed by atoms with Gasteiger partial charge in [0.25, 0.3) is 0 Å². The summed E-state index contributed by atoms with van der Waals surface area (Å²) in [6.45, 7) is 6.42. The number of hydrogen-bond acceptors (Lipinski definition) is 2. The molecule has 0 aromatic heterocycles. The fraction of sp³-hybridized carbons (Fsp3) is 0.588. The quantitative estimate of drug-likeness (QED) is 0.898. The van der Waals surface area contributed by atoms with Gasteiger partial charge < -0.3 is 15.4 Å². The fourth-order valence-electron chi connectivity index (χ4n) is 3.31. The average molecular weight is 288 g/mol. The minimum atomic E-state index is -0.0525. The minimum Gasteiger partial charge on any atom is -0.381 e. The van der Waals surface area contributed by atoms with Crippen molar-refractivity contribution in [3.63, 3.8) is 0 Å². The summed E-state index contributed by atoms with van der Waals surface area (Å²) in [5.41, 5.74) is 3.98. The van der Waals surface area contributed by atoms with Crippen molar-refractivity contribution in [1.29, 1.82) is 0 Å². The number of hydrogen-bond donors (Lipinski definition) is 2. The molecule has 114 valence electrons. The molecule has 1 atom stereocenters. The van der Waals surface area contributed by atoms with Crippen LogP contribution in [0, 0.1) is 19.3 Å². The van der Waals surface area contributed by atoms with Crippen LogP contribution in [-0.2, 0) is 11.3 Å². The Morgan fingerprint density at radius 1 is 1.33 bits per heavy atom. The van der Waals surface area contributed by atoms with E-state index >= 15 is 0 Å². The zero-order valence-corrected chi connectivity index (χ0v) is 12.9. The van der Waals surface area contributed by atoms with Gasteiger partial charge in [-0.05, 0) is 49.7 Å². The van der Waals surface area contributed by atoms with E-state index in [4.69, 9.17) is 4.74 Å². The van der Waals surface area contributed by atoms with Crippen LogP contribution in [0.15, 0.2) is 18.2 Å². The third kappa shape index (κ3) is 3.21. The van der Waals surface area contributed by atoms with Crippen LogP contribution in [0.5, 0.6) is 0 Å². The molecule has 2 aliphatic rings. The number of amides is 2. The molecule has 1 saturated heterocycles. The van der Waals surface area contributed by atoms with E-state index in [0.717, 1.165) is 32.5 Å². The van der Waals surface area contributed by atoms with Crippen LogP contribution >= 0.6 is 0 Å². The van der Waals surface area contributed by atoms with E-state index < -0.39 is 0 Å². The van der Waals surface area contributed by atoms with Crippen molar-refractivity contribution in [3.8, 4) is 0 Å². The Hall–Kier alpha value is -1.55. The van der Waals surface area contributed by atoms with E-state index in [1.165, 1.54) is 16.7 Å². The first kappa shape index (κ1) is 14.4. The van der Waals surface area contributed by atoms with E-state index in [1.807, 2.05) is 0 Å². The predicted molar refractivity (Wildman–Crippen MR) is 82.2 cm³/mol. The van der Waals surface area contributed by atoms with Crippen molar-refractivity contribution in [2.75, 3.05) is 13.2 Å². The molecule has 1 aromatic rings. The van der Waals surface area contributed by atoms with Gasteiger partial charge in [-0.3, -0.25) is 0 Å². The monoisotopic (exact) mass is 288 g/mol. The number of nitrogens with one attached hydrogen (secondary N) is 2. The Labute approximate surface area is 126 Å². The molecule has 0 radical (unpaired) electrons. The lowest BCUT2D eigenvalue weighted by molar-refractivity contribution is 0.0547. The number of carbonyl (C=O) groups excluding carboxylic acids is 1. The average Bonchev–Trinajstić information content (AvgIpc) is 3.10. The molecule has 0 bridgehead atoms. The Morgan fingerprint density at radius 2 is 2.10 bits per heavy atom. The molecule has 1 saturated carbocycles. The van der Waals surface area contributed by atoms with E-state index in [0.29, 0.717) is 18.0 Å². The van der Waals surface area contributed by atoms with Gasteiger partial charge in [0.05, 0.1) is 0 Å². The number of aryl methyl sites for hydroxylation is 2. The van der Waals surface area contributed by atoms with Crippen LogP contribution in [0.25, 0.3) is 0 Å². The number of benzene rings is 1. The van der Waals surface area contributed by atoms with Crippen molar-refractivity contribution in [2.45, 2.75) is 45.7 Å². The summed E-state index contributed by atoms with van der Waals surface area (Å²) in [5, 5.41) is 6.08. The summed E-state index contributed by atoms with van der Waals surface area (Å²) in [5.74, 6) is 0. The maximum Gasteiger partial charge on any atom is 0.315 e. The Morgan fingerprint density at radius 3 is 2.81 bits per heavy atom. The van der Waals surface area contributed by atoms with E-state index in [-0.39, 0.29) is 6.03 Å². The van der Waals surface area contributed by atoms with Crippen LogP contribution in [0.3, 0.4) is 0 Å². The Bertz CT molecular complexity index is 536. The van der Waals surface area contributed by atoms with Crippen LogP contribution in [-0.4, -0.2) is 25.3 Å². The zero-order valence-electron chi connectivity index (χ0n) is 12.9. The van der Waals surface area contributed by atoms with E-state index in [2.05, 4.69) is 42.7 Å². The molecule has 3 rings (SSSR count). The second-order valence-corrected chi connectivity index (χ2v) is 6.49. The van der Waals surface area contributed by atoms with Crippen LogP contribution < -0.4 is 10.6 Å². The summed E-state index contributed by atoms with van der Waals surface area (Å²) >= 11 is 0. The molecule has 1 aliphatic heterocycles. The highest BCUT2D eigenvalue weighted by Gasteiger charge is 2.54. The number of rotatable bonds is 3. The molecule has 2 fully saturated rings. The zero-order chi connectivity index (χ0) is 14.9. The normalized spacial score (nSPS) is 22.9. The molecule has 21 heavy (non-hydrogen) atoms. The van der Waals surface area contributed by atoms with Gasteiger partial charge in [-0.25, -0.2) is 4.79 Å². The summed E-state index contributed by atoms with van der Waals surface area (Å²) in [7, 11) is 0. The van der Waals surface area contributed by atoms with Crippen molar-refractivity contribution in [3.05, 3.63) is 34.9 Å². The molecule has 2 amide bonds. The first-order valence-corrected chi connectivity index (χ1v) is 7.77. The second-order valence-electron chi connectivity index (χ2n) is 6.49. The fourth-order valence-corrected chi connectivity index (χ4v) is 3.31. The van der Waals surface area contributed by atoms with Gasteiger partial charge in [0.2, 0.25) is 0 Å². The molecule has 1 aromatic carbocycles. The summed E-state index contributed by atoms with van der Waals surface area (Å²) < 4.78 is 5.40. The van der Waals surface area contributed by atoms with Crippen molar-refractivity contribution >= 4 is 6.03 Å². The second kappa shape index (κ2) is 5.68. The SMILES string of the molecule is Cc1ccc(CNC(=O)NC2CC23CCOCC3)c(C)c1. The highest BCUT2D eigenvalue weighted by atomic mass is 16.5. The largest absolute Gasteiger partial charge is 0.381 e. The van der Waals surface area contributed by atoms with Gasteiger partial charge in [0.15, 0.2) is 0 Å². The van der Waals surface area contributed by atoms with Crippen LogP contribution in [0.1, 0.15) is 36.0 Å². The predicted octanol–water partition coefficient (Wildman–Crippen LogP) is 2.67. The molecule has 2 N–H and O–H groups in total. The lowest BCUT2D eigenvalue weighted by Crippen LogP contribution is -2.39. The first-order chi connectivity index (χ1) is 10.1. The summed E-state index contributed by atoms with van der Waals surface area (Å²) in [4.78, 5) is 12.0.